The second kappa shape index (κ2) is 25.0. The highest BCUT2D eigenvalue weighted by molar-refractivity contribution is 5.77. The van der Waals surface area contributed by atoms with Gasteiger partial charge in [0, 0.05) is 33.5 Å². The first-order valence-corrected chi connectivity index (χ1v) is 14.4. The molecular formula is C28H55N3O5. The molecule has 0 aromatic rings. The molecule has 0 spiro atoms. The molecule has 0 aliphatic heterocycles. The number of hydrogen-bond donors (Lipinski definition) is 2. The lowest BCUT2D eigenvalue weighted by Crippen LogP contribution is -2.34. The molecule has 0 aromatic carbocycles. The molecule has 36 heavy (non-hydrogen) atoms. The zero-order chi connectivity index (χ0) is 26.9. The average Bonchev–Trinajstić information content (AvgIpc) is 2.84. The number of hydrogen-bond acceptors (Lipinski definition) is 7. The third-order valence-corrected chi connectivity index (χ3v) is 6.14. The van der Waals surface area contributed by atoms with Gasteiger partial charge in [0.15, 0.2) is 0 Å². The molecule has 0 heterocycles. The van der Waals surface area contributed by atoms with Crippen molar-refractivity contribution < 1.29 is 24.0 Å². The Bertz CT molecular complexity index is 557. The third kappa shape index (κ3) is 24.0. The molecule has 0 bridgehead atoms. The highest BCUT2D eigenvalue weighted by Crippen LogP contribution is 2.13. The van der Waals surface area contributed by atoms with Gasteiger partial charge in [-0.15, -0.1) is 5.06 Å². The van der Waals surface area contributed by atoms with Crippen LogP contribution in [0.4, 0.5) is 0 Å². The molecule has 0 unspecified atom stereocenters. The maximum absolute atomic E-state index is 11.9. The van der Waals surface area contributed by atoms with Crippen molar-refractivity contribution in [2.24, 2.45) is 5.73 Å². The van der Waals surface area contributed by atoms with E-state index in [0.29, 0.717) is 19.4 Å². The molecule has 0 aliphatic carbocycles. The van der Waals surface area contributed by atoms with Crippen molar-refractivity contribution in [3.8, 4) is 0 Å². The number of carbonyl (C=O) groups is 3. The maximum Gasteiger partial charge on any atom is 0.325 e. The Morgan fingerprint density at radius 3 is 1.75 bits per heavy atom. The zero-order valence-corrected chi connectivity index (χ0v) is 23.5. The first kappa shape index (κ1) is 34.3. The van der Waals surface area contributed by atoms with Crippen molar-refractivity contribution in [3.05, 3.63) is 0 Å². The van der Waals surface area contributed by atoms with Crippen LogP contribution in [0.2, 0.25) is 0 Å². The van der Waals surface area contributed by atoms with Crippen molar-refractivity contribution in [1.82, 2.24) is 10.4 Å². The van der Waals surface area contributed by atoms with E-state index >= 15 is 0 Å². The smallest absolute Gasteiger partial charge is 0.325 e. The Morgan fingerprint density at radius 1 is 0.750 bits per heavy atom. The highest BCUT2D eigenvalue weighted by Gasteiger charge is 2.17. The number of nitrogens with two attached hydrogens (primary N) is 1. The van der Waals surface area contributed by atoms with E-state index in [-0.39, 0.29) is 25.4 Å². The fourth-order valence-corrected chi connectivity index (χ4v) is 3.97. The van der Waals surface area contributed by atoms with Gasteiger partial charge in [0.25, 0.3) is 0 Å². The van der Waals surface area contributed by atoms with Crippen LogP contribution in [0.15, 0.2) is 0 Å². The normalized spacial score (nSPS) is 11.9. The van der Waals surface area contributed by atoms with Crippen molar-refractivity contribution in [1.29, 1.82) is 0 Å². The summed E-state index contributed by atoms with van der Waals surface area (Å²) in [6.07, 6.45) is 20.9. The van der Waals surface area contributed by atoms with E-state index in [1.54, 1.807) is 14.1 Å². The number of nitrogens with one attached hydrogen (secondary N) is 1. The van der Waals surface area contributed by atoms with Crippen LogP contribution in [-0.4, -0.2) is 56.2 Å². The molecule has 1 amide bonds. The first-order chi connectivity index (χ1) is 17.4. The van der Waals surface area contributed by atoms with Crippen LogP contribution in [0.1, 0.15) is 129 Å². The van der Waals surface area contributed by atoms with E-state index in [1.807, 2.05) is 0 Å². The number of ether oxygens (including phenoxy) is 1. The monoisotopic (exact) mass is 513 g/mol. The summed E-state index contributed by atoms with van der Waals surface area (Å²) in [4.78, 5) is 40.1. The van der Waals surface area contributed by atoms with Gasteiger partial charge in [-0.05, 0) is 19.3 Å². The number of unbranched alkanes of at least 4 members (excludes halogenated alkanes) is 14. The SMILES string of the molecule is CCCCCCCCCCCCCCCCCC(=O)NCCCOC(=O)[C@@H](N)CCC(=O)ON(C)C. The second-order valence-corrected chi connectivity index (χ2v) is 9.99. The van der Waals surface area contributed by atoms with Gasteiger partial charge in [-0.25, -0.2) is 0 Å². The van der Waals surface area contributed by atoms with Crippen LogP contribution in [0, 0.1) is 0 Å². The molecule has 8 heteroatoms. The summed E-state index contributed by atoms with van der Waals surface area (Å²) in [6, 6.07) is -0.862. The lowest BCUT2D eigenvalue weighted by molar-refractivity contribution is -0.178. The molecule has 0 rings (SSSR count). The van der Waals surface area contributed by atoms with Gasteiger partial charge in [-0.3, -0.25) is 14.4 Å². The fourth-order valence-electron chi connectivity index (χ4n) is 3.97. The summed E-state index contributed by atoms with van der Waals surface area (Å²) in [5.41, 5.74) is 5.74. The first-order valence-electron chi connectivity index (χ1n) is 14.4. The number of amides is 1. The van der Waals surface area contributed by atoms with Crippen LogP contribution < -0.4 is 11.1 Å². The van der Waals surface area contributed by atoms with E-state index in [4.69, 9.17) is 15.3 Å². The van der Waals surface area contributed by atoms with Gasteiger partial charge in [0.1, 0.15) is 6.04 Å². The van der Waals surface area contributed by atoms with Crippen LogP contribution in [0.5, 0.6) is 0 Å². The molecule has 1 atom stereocenters. The van der Waals surface area contributed by atoms with E-state index in [2.05, 4.69) is 12.2 Å². The average molecular weight is 514 g/mol. The molecule has 3 N–H and O–H groups in total. The Hall–Kier alpha value is -1.67. The molecule has 0 aromatic heterocycles. The van der Waals surface area contributed by atoms with Gasteiger partial charge in [-0.2, -0.15) is 0 Å². The summed E-state index contributed by atoms with van der Waals surface area (Å²) in [5, 5.41) is 4.16. The van der Waals surface area contributed by atoms with Crippen LogP contribution in [0.3, 0.4) is 0 Å². The number of nitrogens with zero attached hydrogens (tertiary/aromatic N) is 1. The largest absolute Gasteiger partial charge is 0.464 e. The molecule has 212 valence electrons. The van der Waals surface area contributed by atoms with Crippen LogP contribution >= 0.6 is 0 Å². The van der Waals surface area contributed by atoms with Crippen LogP contribution in [0.25, 0.3) is 0 Å². The van der Waals surface area contributed by atoms with Crippen molar-refractivity contribution >= 4 is 17.8 Å². The minimum absolute atomic E-state index is 0.0454. The van der Waals surface area contributed by atoms with Gasteiger partial charge in [-0.1, -0.05) is 96.8 Å². The van der Waals surface area contributed by atoms with E-state index in [0.717, 1.165) is 12.8 Å². The molecule has 8 nitrogen and oxygen atoms in total. The number of esters is 1. The predicted octanol–water partition coefficient (Wildman–Crippen LogP) is 5.42. The molecule has 0 aliphatic rings. The second-order valence-electron chi connectivity index (χ2n) is 9.99. The minimum atomic E-state index is -0.862. The standard InChI is InChI=1S/C28H55N3O5/c1-4-5-6-7-8-9-10-11-12-13-14-15-16-17-18-20-26(32)30-23-19-24-35-28(34)25(29)21-22-27(33)36-31(2)3/h25H,4-24,29H2,1-3H3,(H,30,32)/t25-/m0/s1. The molecular weight excluding hydrogens is 458 g/mol. The third-order valence-electron chi connectivity index (χ3n) is 6.14. The Labute approximate surface area is 220 Å². The predicted molar refractivity (Wildman–Crippen MR) is 145 cm³/mol. The van der Waals surface area contributed by atoms with E-state index in [9.17, 15) is 14.4 Å². The molecule has 0 radical (unpaired) electrons. The maximum atomic E-state index is 11.9. The summed E-state index contributed by atoms with van der Waals surface area (Å²) >= 11 is 0. The van der Waals surface area contributed by atoms with Crippen molar-refractivity contribution in [3.63, 3.8) is 0 Å². The number of hydroxylamine groups is 2. The van der Waals surface area contributed by atoms with E-state index < -0.39 is 18.0 Å². The minimum Gasteiger partial charge on any atom is -0.464 e. The van der Waals surface area contributed by atoms with Crippen LogP contribution in [-0.2, 0) is 24.0 Å². The molecule has 0 fully saturated rings. The lowest BCUT2D eigenvalue weighted by atomic mass is 10.0. The molecule has 0 saturated heterocycles. The highest BCUT2D eigenvalue weighted by atomic mass is 16.7. The summed E-state index contributed by atoms with van der Waals surface area (Å²) in [5.74, 6) is -0.941. The quantitative estimate of drug-likeness (QED) is 0.0952. The summed E-state index contributed by atoms with van der Waals surface area (Å²) in [7, 11) is 3.21. The topological polar surface area (TPSA) is 111 Å². The summed E-state index contributed by atoms with van der Waals surface area (Å²) in [6.45, 7) is 2.92. The van der Waals surface area contributed by atoms with Gasteiger partial charge >= 0.3 is 11.9 Å². The number of rotatable bonds is 25. The number of carbonyl (C=O) groups excluding carboxylic acids is 3. The van der Waals surface area contributed by atoms with E-state index in [1.165, 1.54) is 88.5 Å². The van der Waals surface area contributed by atoms with Gasteiger partial charge < -0.3 is 20.6 Å². The molecule has 0 saturated carbocycles. The Morgan fingerprint density at radius 2 is 1.25 bits per heavy atom. The van der Waals surface area contributed by atoms with Gasteiger partial charge in [0.2, 0.25) is 5.91 Å². The Balaban J connectivity index is 3.43. The Kier molecular flexibility index (Phi) is 23.8. The van der Waals surface area contributed by atoms with Crippen molar-refractivity contribution in [2.45, 2.75) is 135 Å². The lowest BCUT2D eigenvalue weighted by Gasteiger charge is -2.13. The van der Waals surface area contributed by atoms with Gasteiger partial charge in [0.05, 0.1) is 6.61 Å². The zero-order valence-electron chi connectivity index (χ0n) is 23.5. The fraction of sp³-hybridized carbons (Fsp3) is 0.893. The summed E-state index contributed by atoms with van der Waals surface area (Å²) < 4.78 is 5.11. The van der Waals surface area contributed by atoms with Crippen molar-refractivity contribution in [2.75, 3.05) is 27.2 Å².